The van der Waals surface area contributed by atoms with E-state index in [0.717, 1.165) is 24.3 Å². The van der Waals surface area contributed by atoms with Crippen molar-refractivity contribution >= 4 is 23.4 Å². The molecule has 0 aliphatic rings. The Balaban J connectivity index is 1.82. The van der Waals surface area contributed by atoms with E-state index in [1.54, 1.807) is 0 Å². The number of aliphatic hydroxyl groups is 1. The largest absolute Gasteiger partial charge is 0.416 e. The van der Waals surface area contributed by atoms with Crippen LogP contribution in [-0.4, -0.2) is 30.0 Å². The van der Waals surface area contributed by atoms with Crippen LogP contribution in [0, 0.1) is 5.82 Å². The Hall–Kier alpha value is -2.65. The fourth-order valence-electron chi connectivity index (χ4n) is 2.51. The van der Waals surface area contributed by atoms with Gasteiger partial charge in [-0.3, -0.25) is 9.59 Å². The highest BCUT2D eigenvalue weighted by Crippen LogP contribution is 2.34. The van der Waals surface area contributed by atoms with Gasteiger partial charge in [-0.15, -0.1) is 0 Å². The van der Waals surface area contributed by atoms with Crippen molar-refractivity contribution in [2.75, 3.05) is 13.1 Å². The molecule has 1 unspecified atom stereocenters. The van der Waals surface area contributed by atoms with Gasteiger partial charge in [0, 0.05) is 19.5 Å². The third-order valence-electron chi connectivity index (χ3n) is 3.93. The second kappa shape index (κ2) is 9.71. The average Bonchev–Trinajstić information content (AvgIpc) is 2.65. The topological polar surface area (TPSA) is 78.4 Å². The molecule has 0 aliphatic carbocycles. The predicted octanol–water partition coefficient (Wildman–Crippen LogP) is 3.47. The van der Waals surface area contributed by atoms with Gasteiger partial charge in [-0.25, -0.2) is 4.39 Å². The van der Waals surface area contributed by atoms with E-state index >= 15 is 0 Å². The smallest absolute Gasteiger partial charge is 0.387 e. The van der Waals surface area contributed by atoms with Gasteiger partial charge in [-0.1, -0.05) is 29.8 Å². The molecule has 2 aromatic carbocycles. The molecular formula is C19H17ClF4N2O3. The van der Waals surface area contributed by atoms with E-state index in [1.807, 2.05) is 0 Å². The number of nitrogens with one attached hydrogen (secondary N) is 2. The molecule has 2 rings (SSSR count). The van der Waals surface area contributed by atoms with Crippen LogP contribution in [0.4, 0.5) is 17.6 Å². The van der Waals surface area contributed by atoms with Crippen LogP contribution in [0.1, 0.15) is 34.0 Å². The summed E-state index contributed by atoms with van der Waals surface area (Å²) in [5.74, 6) is -1.79. The summed E-state index contributed by atoms with van der Waals surface area (Å²) >= 11 is 5.77. The van der Waals surface area contributed by atoms with Crippen molar-refractivity contribution in [1.29, 1.82) is 0 Å². The monoisotopic (exact) mass is 432 g/mol. The average molecular weight is 433 g/mol. The van der Waals surface area contributed by atoms with Gasteiger partial charge in [0.15, 0.2) is 0 Å². The Labute approximate surface area is 168 Å². The van der Waals surface area contributed by atoms with Crippen LogP contribution in [0.3, 0.4) is 0 Å². The predicted molar refractivity (Wildman–Crippen MR) is 97.8 cm³/mol. The van der Waals surface area contributed by atoms with Crippen LogP contribution in [0.15, 0.2) is 42.5 Å². The summed E-state index contributed by atoms with van der Waals surface area (Å²) in [5, 5.41) is 14.6. The van der Waals surface area contributed by atoms with Crippen LogP contribution in [-0.2, 0) is 11.0 Å². The first kappa shape index (κ1) is 22.6. The first-order chi connectivity index (χ1) is 13.6. The number of carbonyl (C=O) groups excluding carboxylic acids is 2. The maximum Gasteiger partial charge on any atom is 0.416 e. The number of benzene rings is 2. The second-order valence-electron chi connectivity index (χ2n) is 6.03. The zero-order valence-corrected chi connectivity index (χ0v) is 15.6. The summed E-state index contributed by atoms with van der Waals surface area (Å²) in [7, 11) is 0. The SMILES string of the molecule is O=C(CCNC(=O)c1ccc(F)cc1Cl)NCC(O)c1ccccc1C(F)(F)F. The summed E-state index contributed by atoms with van der Waals surface area (Å²) in [5.41, 5.74) is -1.29. The Morgan fingerprint density at radius 3 is 2.45 bits per heavy atom. The normalized spacial score (nSPS) is 12.3. The van der Waals surface area contributed by atoms with Gasteiger partial charge in [-0.05, 0) is 29.8 Å². The Morgan fingerprint density at radius 1 is 1.10 bits per heavy atom. The van der Waals surface area contributed by atoms with Crippen LogP contribution in [0.25, 0.3) is 0 Å². The first-order valence-corrected chi connectivity index (χ1v) is 8.81. The van der Waals surface area contributed by atoms with E-state index in [-0.39, 0.29) is 29.1 Å². The number of rotatable bonds is 7. The molecule has 0 saturated heterocycles. The molecule has 29 heavy (non-hydrogen) atoms. The van der Waals surface area contributed by atoms with Crippen LogP contribution in [0.5, 0.6) is 0 Å². The summed E-state index contributed by atoms with van der Waals surface area (Å²) in [6.07, 6.45) is -6.37. The van der Waals surface area contributed by atoms with Crippen LogP contribution in [0.2, 0.25) is 5.02 Å². The Morgan fingerprint density at radius 2 is 1.79 bits per heavy atom. The van der Waals surface area contributed by atoms with Gasteiger partial charge in [0.05, 0.1) is 22.3 Å². The number of halogens is 5. The molecule has 2 aromatic rings. The third-order valence-corrected chi connectivity index (χ3v) is 4.24. The van der Waals surface area contributed by atoms with Crippen molar-refractivity contribution in [3.05, 3.63) is 70.0 Å². The molecule has 0 spiro atoms. The second-order valence-corrected chi connectivity index (χ2v) is 6.44. The number of alkyl halides is 3. The molecule has 0 heterocycles. The molecule has 0 saturated carbocycles. The van der Waals surface area contributed by atoms with E-state index in [0.29, 0.717) is 0 Å². The minimum Gasteiger partial charge on any atom is -0.387 e. The van der Waals surface area contributed by atoms with Gasteiger partial charge in [0.1, 0.15) is 5.82 Å². The number of carbonyl (C=O) groups is 2. The summed E-state index contributed by atoms with van der Waals surface area (Å²) < 4.78 is 51.9. The Kier molecular flexibility index (Phi) is 7.58. The van der Waals surface area contributed by atoms with Crippen molar-refractivity contribution in [2.45, 2.75) is 18.7 Å². The van der Waals surface area contributed by atoms with E-state index in [1.165, 1.54) is 18.2 Å². The van der Waals surface area contributed by atoms with Gasteiger partial charge in [-0.2, -0.15) is 13.2 Å². The lowest BCUT2D eigenvalue weighted by Gasteiger charge is -2.18. The number of amides is 2. The maximum atomic E-state index is 13.0. The zero-order chi connectivity index (χ0) is 21.6. The molecule has 1 atom stereocenters. The van der Waals surface area contributed by atoms with Gasteiger partial charge in [0.25, 0.3) is 5.91 Å². The lowest BCUT2D eigenvalue weighted by atomic mass is 10.0. The minimum absolute atomic E-state index is 0.0349. The van der Waals surface area contributed by atoms with E-state index < -0.39 is 42.0 Å². The van der Waals surface area contributed by atoms with Crippen molar-refractivity contribution in [3.8, 4) is 0 Å². The van der Waals surface area contributed by atoms with E-state index in [9.17, 15) is 32.3 Å². The standard InChI is InChI=1S/C19H17ClF4N2O3/c20-15-9-11(21)5-6-13(15)18(29)25-8-7-17(28)26-10-16(27)12-3-1-2-4-14(12)19(22,23)24/h1-6,9,16,27H,7-8,10H2,(H,25,29)(H,26,28). The molecule has 10 heteroatoms. The van der Waals surface area contributed by atoms with Crippen LogP contribution < -0.4 is 10.6 Å². The molecule has 0 fully saturated rings. The molecule has 0 aliphatic heterocycles. The highest BCUT2D eigenvalue weighted by atomic mass is 35.5. The molecular weight excluding hydrogens is 416 g/mol. The fourth-order valence-corrected chi connectivity index (χ4v) is 2.77. The number of aliphatic hydroxyl groups excluding tert-OH is 1. The maximum absolute atomic E-state index is 13.0. The van der Waals surface area contributed by atoms with Gasteiger partial charge < -0.3 is 15.7 Å². The molecule has 156 valence electrons. The van der Waals surface area contributed by atoms with Crippen molar-refractivity contribution in [1.82, 2.24) is 10.6 Å². The fraction of sp³-hybridized carbons (Fsp3) is 0.263. The Bertz CT molecular complexity index is 890. The summed E-state index contributed by atoms with van der Waals surface area (Å²) in [6.45, 7) is -0.517. The first-order valence-electron chi connectivity index (χ1n) is 8.43. The summed E-state index contributed by atoms with van der Waals surface area (Å²) in [6, 6.07) is 7.76. The molecule has 3 N–H and O–H groups in total. The molecule has 5 nitrogen and oxygen atoms in total. The quantitative estimate of drug-likeness (QED) is 0.586. The van der Waals surface area contributed by atoms with E-state index in [4.69, 9.17) is 11.6 Å². The van der Waals surface area contributed by atoms with Crippen molar-refractivity contribution in [3.63, 3.8) is 0 Å². The molecule has 0 aromatic heterocycles. The highest BCUT2D eigenvalue weighted by Gasteiger charge is 2.34. The lowest BCUT2D eigenvalue weighted by Crippen LogP contribution is -2.33. The van der Waals surface area contributed by atoms with Crippen molar-refractivity contribution < 1.29 is 32.3 Å². The molecule has 2 amide bonds. The zero-order valence-electron chi connectivity index (χ0n) is 14.9. The minimum atomic E-state index is -4.63. The third kappa shape index (κ3) is 6.43. The highest BCUT2D eigenvalue weighted by molar-refractivity contribution is 6.33. The van der Waals surface area contributed by atoms with E-state index in [2.05, 4.69) is 10.6 Å². The molecule has 0 bridgehead atoms. The van der Waals surface area contributed by atoms with Gasteiger partial charge in [0.2, 0.25) is 5.91 Å². The van der Waals surface area contributed by atoms with Gasteiger partial charge >= 0.3 is 6.18 Å². The molecule has 0 radical (unpaired) electrons. The number of hydrogen-bond acceptors (Lipinski definition) is 3. The lowest BCUT2D eigenvalue weighted by molar-refractivity contribution is -0.139. The van der Waals surface area contributed by atoms with Crippen LogP contribution >= 0.6 is 11.6 Å². The summed E-state index contributed by atoms with van der Waals surface area (Å²) in [4.78, 5) is 23.8. The number of hydrogen-bond donors (Lipinski definition) is 3. The van der Waals surface area contributed by atoms with Crippen molar-refractivity contribution in [2.24, 2.45) is 0 Å².